The highest BCUT2D eigenvalue weighted by Crippen LogP contribution is 2.16. The van der Waals surface area contributed by atoms with E-state index in [2.05, 4.69) is 0 Å². The molecular formula is C12H24N2O4+2. The molecule has 1 fully saturated rings. The summed E-state index contributed by atoms with van der Waals surface area (Å²) >= 11 is 0. The van der Waals surface area contributed by atoms with Crippen molar-refractivity contribution in [2.45, 2.75) is 38.8 Å². The summed E-state index contributed by atoms with van der Waals surface area (Å²) in [6, 6.07) is -0.392. The largest absolute Gasteiger partial charge is 0.513 e. The normalized spacial score (nSPS) is 28.5. The summed E-state index contributed by atoms with van der Waals surface area (Å²) in [7, 11) is 1.79. The van der Waals surface area contributed by atoms with Gasteiger partial charge >= 0.3 is 12.0 Å². The van der Waals surface area contributed by atoms with Gasteiger partial charge in [0, 0.05) is 0 Å². The third kappa shape index (κ3) is 3.76. The predicted molar refractivity (Wildman–Crippen MR) is 64.6 cm³/mol. The molecule has 1 aliphatic rings. The van der Waals surface area contributed by atoms with Gasteiger partial charge in [0.15, 0.2) is 0 Å². The van der Waals surface area contributed by atoms with Gasteiger partial charge in [-0.15, -0.1) is 0 Å². The molecule has 2 atom stereocenters. The molecule has 0 aromatic rings. The van der Waals surface area contributed by atoms with E-state index >= 15 is 0 Å². The maximum Gasteiger partial charge on any atom is 0.513 e. The average molecular weight is 260 g/mol. The summed E-state index contributed by atoms with van der Waals surface area (Å²) in [6.07, 6.45) is 0.187. The lowest BCUT2D eigenvalue weighted by Crippen LogP contribution is -2.95. The molecule has 0 bridgehead atoms. The Labute approximate surface area is 107 Å². The molecule has 104 valence electrons. The van der Waals surface area contributed by atoms with Crippen LogP contribution in [0.5, 0.6) is 0 Å². The van der Waals surface area contributed by atoms with E-state index in [4.69, 9.17) is 9.84 Å². The molecular weight excluding hydrogens is 236 g/mol. The van der Waals surface area contributed by atoms with Crippen LogP contribution in [0.4, 0.5) is 4.79 Å². The molecule has 0 radical (unpaired) electrons. The zero-order valence-corrected chi connectivity index (χ0v) is 11.6. The quantitative estimate of drug-likeness (QED) is 0.653. The van der Waals surface area contributed by atoms with Crippen molar-refractivity contribution in [3.63, 3.8) is 0 Å². The highest BCUT2D eigenvalue weighted by molar-refractivity contribution is 5.76. The van der Waals surface area contributed by atoms with Gasteiger partial charge in [-0.2, -0.15) is 4.79 Å². The van der Waals surface area contributed by atoms with E-state index < -0.39 is 17.7 Å². The molecule has 6 nitrogen and oxygen atoms in total. The van der Waals surface area contributed by atoms with E-state index in [9.17, 15) is 9.59 Å². The number of aliphatic hydroxyl groups is 1. The van der Waals surface area contributed by atoms with Gasteiger partial charge in [0.2, 0.25) is 6.04 Å². The number of carbonyl (C=O) groups excluding carboxylic acids is 2. The highest BCUT2D eigenvalue weighted by atomic mass is 16.6. The predicted octanol–water partition coefficient (Wildman–Crippen LogP) is -0.777. The third-order valence-electron chi connectivity index (χ3n) is 3.12. The summed E-state index contributed by atoms with van der Waals surface area (Å²) in [6.45, 7) is 6.41. The Bertz CT molecular complexity index is 337. The number of hydrogen-bond donors (Lipinski definition) is 2. The Morgan fingerprint density at radius 3 is 2.67 bits per heavy atom. The van der Waals surface area contributed by atoms with Gasteiger partial charge in [-0.1, -0.05) is 0 Å². The van der Waals surface area contributed by atoms with E-state index in [-0.39, 0.29) is 17.0 Å². The van der Waals surface area contributed by atoms with Crippen LogP contribution in [0.1, 0.15) is 27.2 Å². The van der Waals surface area contributed by atoms with Crippen molar-refractivity contribution < 1.29 is 29.2 Å². The number of primary amides is 1. The summed E-state index contributed by atoms with van der Waals surface area (Å²) in [4.78, 5) is 23.8. The fourth-order valence-corrected chi connectivity index (χ4v) is 2.16. The van der Waals surface area contributed by atoms with Crippen molar-refractivity contribution in [1.29, 1.82) is 0 Å². The number of ether oxygens (including phenoxy) is 1. The maximum absolute atomic E-state index is 12.1. The number of amides is 2. The van der Waals surface area contributed by atoms with Crippen LogP contribution in [0.3, 0.4) is 0 Å². The van der Waals surface area contributed by atoms with Crippen molar-refractivity contribution in [3.8, 4) is 0 Å². The van der Waals surface area contributed by atoms with Crippen LogP contribution in [-0.2, 0) is 9.53 Å². The van der Waals surface area contributed by atoms with E-state index in [1.165, 1.54) is 5.32 Å². The van der Waals surface area contributed by atoms with E-state index in [0.29, 0.717) is 19.5 Å². The molecule has 6 heteroatoms. The number of likely N-dealkylation sites (N-methyl/N-ethyl adjacent to an activating group) is 1. The number of quaternary nitrogens is 2. The molecule has 0 aromatic carbocycles. The number of carbonyl (C=O) groups is 2. The topological polar surface area (TPSA) is 80.2 Å². The van der Waals surface area contributed by atoms with Crippen LogP contribution in [0, 0.1) is 0 Å². The Morgan fingerprint density at radius 2 is 2.17 bits per heavy atom. The monoisotopic (exact) mass is 260 g/mol. The van der Waals surface area contributed by atoms with Crippen molar-refractivity contribution in [3.05, 3.63) is 0 Å². The van der Waals surface area contributed by atoms with Crippen LogP contribution in [0.25, 0.3) is 0 Å². The minimum atomic E-state index is -0.543. The zero-order valence-electron chi connectivity index (χ0n) is 11.6. The summed E-state index contributed by atoms with van der Waals surface area (Å²) < 4.78 is 5.37. The molecule has 0 aliphatic carbocycles. The summed E-state index contributed by atoms with van der Waals surface area (Å²) in [5.41, 5.74) is -0.543. The SMILES string of the molecule is CC(C)(C)OC(=O)[NH2+]C1CC[N+](C)(CCO)C1=O. The Hall–Kier alpha value is -0.980. The number of rotatable bonds is 3. The third-order valence-corrected chi connectivity index (χ3v) is 3.12. The first-order valence-electron chi connectivity index (χ1n) is 6.25. The van der Waals surface area contributed by atoms with Crippen molar-refractivity contribution in [2.75, 3.05) is 26.7 Å². The molecule has 1 aliphatic heterocycles. The van der Waals surface area contributed by atoms with Crippen LogP contribution in [0.2, 0.25) is 0 Å². The molecule has 1 heterocycles. The Kier molecular flexibility index (Phi) is 4.47. The van der Waals surface area contributed by atoms with Crippen molar-refractivity contribution in [2.24, 2.45) is 0 Å². The van der Waals surface area contributed by atoms with E-state index in [0.717, 1.165) is 0 Å². The number of hydrogen-bond acceptors (Lipinski definition) is 4. The molecule has 1 saturated heterocycles. The number of aliphatic hydroxyl groups excluding tert-OH is 1. The van der Waals surface area contributed by atoms with Gasteiger partial charge in [-0.3, -0.25) is 4.48 Å². The second-order valence-corrected chi connectivity index (χ2v) is 6.00. The van der Waals surface area contributed by atoms with E-state index in [1.54, 1.807) is 27.8 Å². The zero-order chi connectivity index (χ0) is 14.0. The maximum atomic E-state index is 12.1. The lowest BCUT2D eigenvalue weighted by molar-refractivity contribution is -0.829. The van der Waals surface area contributed by atoms with Crippen LogP contribution in [-0.4, -0.2) is 60.0 Å². The summed E-state index contributed by atoms with van der Waals surface area (Å²) in [5.74, 6) is -0.0186. The molecule has 0 aromatic heterocycles. The first-order chi connectivity index (χ1) is 8.18. The lowest BCUT2D eigenvalue weighted by Gasteiger charge is -2.24. The van der Waals surface area contributed by atoms with Gasteiger partial charge in [0.1, 0.15) is 12.1 Å². The minimum Gasteiger partial charge on any atom is -0.414 e. The van der Waals surface area contributed by atoms with Crippen LogP contribution < -0.4 is 5.32 Å². The Balaban J connectivity index is 2.56. The fourth-order valence-electron chi connectivity index (χ4n) is 2.16. The van der Waals surface area contributed by atoms with Gasteiger partial charge in [-0.05, 0) is 20.8 Å². The van der Waals surface area contributed by atoms with Crippen molar-refractivity contribution in [1.82, 2.24) is 0 Å². The first kappa shape index (κ1) is 15.1. The molecule has 0 spiro atoms. The van der Waals surface area contributed by atoms with Crippen molar-refractivity contribution >= 4 is 12.0 Å². The second-order valence-electron chi connectivity index (χ2n) is 6.00. The van der Waals surface area contributed by atoms with Crippen LogP contribution in [0.15, 0.2) is 0 Å². The number of likely N-dealkylation sites (tertiary alicyclic amines) is 1. The fraction of sp³-hybridized carbons (Fsp3) is 0.833. The van der Waals surface area contributed by atoms with Gasteiger partial charge in [0.05, 0.1) is 26.6 Å². The Morgan fingerprint density at radius 1 is 1.56 bits per heavy atom. The van der Waals surface area contributed by atoms with Crippen LogP contribution >= 0.6 is 0 Å². The molecule has 2 unspecified atom stereocenters. The van der Waals surface area contributed by atoms with Gasteiger partial charge < -0.3 is 9.84 Å². The number of nitrogens with two attached hydrogens (primary N) is 1. The van der Waals surface area contributed by atoms with E-state index in [1.807, 2.05) is 0 Å². The first-order valence-corrected chi connectivity index (χ1v) is 6.25. The second kappa shape index (κ2) is 5.34. The van der Waals surface area contributed by atoms with Gasteiger partial charge in [-0.25, -0.2) is 10.1 Å². The number of nitrogens with zero attached hydrogens (tertiary/aromatic N) is 1. The lowest BCUT2D eigenvalue weighted by atomic mass is 10.2. The minimum absolute atomic E-state index is 0.0186. The molecule has 18 heavy (non-hydrogen) atoms. The highest BCUT2D eigenvalue weighted by Gasteiger charge is 2.48. The summed E-state index contributed by atoms with van der Waals surface area (Å²) in [5, 5.41) is 10.3. The average Bonchev–Trinajstić information content (AvgIpc) is 2.44. The smallest absolute Gasteiger partial charge is 0.414 e. The molecule has 3 N–H and O–H groups in total. The molecule has 1 rings (SSSR count). The van der Waals surface area contributed by atoms with Gasteiger partial charge in [0.25, 0.3) is 0 Å². The standard InChI is InChI=1S/C12H22N2O4/c1-12(2,3)18-11(17)13-9-5-6-14(4,7-8-15)10(9)16/h9,15H,5-8H2,1-4H3/p+2. The molecule has 2 amide bonds. The molecule has 0 saturated carbocycles.